The predicted octanol–water partition coefficient (Wildman–Crippen LogP) is 3.29. The Balaban J connectivity index is 1.36. The third-order valence-electron chi connectivity index (χ3n) is 7.33. The average Bonchev–Trinajstić information content (AvgIpc) is 3.40. The first-order valence-electron chi connectivity index (χ1n) is 11.5. The first kappa shape index (κ1) is 22.4. The Bertz CT molecular complexity index is 777. The second-order valence-electron chi connectivity index (χ2n) is 9.95. The van der Waals surface area contributed by atoms with Gasteiger partial charge in [-0.05, 0) is 57.4 Å². The summed E-state index contributed by atoms with van der Waals surface area (Å²) in [7, 11) is 1.44. The molecular formula is C23H35FN4O3. The number of halogens is 1. The first-order valence-corrected chi connectivity index (χ1v) is 11.5. The van der Waals surface area contributed by atoms with Gasteiger partial charge in [-0.15, -0.1) is 0 Å². The molecule has 1 N–H and O–H groups in total. The predicted molar refractivity (Wildman–Crippen MR) is 114 cm³/mol. The van der Waals surface area contributed by atoms with Gasteiger partial charge in [0.2, 0.25) is 0 Å². The highest BCUT2D eigenvalue weighted by molar-refractivity contribution is 5.69. The standard InChI is InChI=1S/C23H35FN4O3/c1-14(2)10-25-19-7-15(3)28(22(29)30-4)20(19)13-31-18-5-6-23(9-16(23)8-18)21-26-11-17(24)12-27-21/h11-12,14-16,18-20,25H,5-10,13H2,1-4H3/t15-,16-,18+,19+,20+,23-/m1/s1. The molecule has 8 heteroatoms. The number of fused-ring (bicyclic) bond motifs is 1. The van der Waals surface area contributed by atoms with Crippen LogP contribution in [0.25, 0.3) is 0 Å². The molecule has 2 heterocycles. The van der Waals surface area contributed by atoms with Crippen LogP contribution in [0.15, 0.2) is 12.4 Å². The van der Waals surface area contributed by atoms with E-state index >= 15 is 0 Å². The Hall–Kier alpha value is -1.80. The number of hydrogen-bond donors (Lipinski definition) is 1. The van der Waals surface area contributed by atoms with Crippen molar-refractivity contribution in [1.29, 1.82) is 0 Å². The molecule has 0 aromatic carbocycles. The van der Waals surface area contributed by atoms with E-state index in [0.717, 1.165) is 44.5 Å². The van der Waals surface area contributed by atoms with Crippen molar-refractivity contribution in [2.24, 2.45) is 11.8 Å². The van der Waals surface area contributed by atoms with E-state index in [4.69, 9.17) is 9.47 Å². The van der Waals surface area contributed by atoms with Gasteiger partial charge >= 0.3 is 6.09 Å². The number of carbonyl (C=O) groups is 1. The number of ether oxygens (including phenoxy) is 2. The lowest BCUT2D eigenvalue weighted by Gasteiger charge is -2.33. The minimum absolute atomic E-state index is 0.00877. The number of nitrogens with one attached hydrogen (secondary N) is 1. The molecule has 1 aliphatic heterocycles. The molecule has 3 aliphatic rings. The number of methoxy groups -OCH3 is 1. The minimum atomic E-state index is -0.393. The van der Waals surface area contributed by atoms with Crippen LogP contribution in [0, 0.1) is 17.7 Å². The van der Waals surface area contributed by atoms with Crippen molar-refractivity contribution in [1.82, 2.24) is 20.2 Å². The van der Waals surface area contributed by atoms with Crippen LogP contribution < -0.4 is 5.32 Å². The summed E-state index contributed by atoms with van der Waals surface area (Å²) in [6.07, 6.45) is 7.22. The number of aromatic nitrogens is 2. The molecule has 0 bridgehead atoms. The number of likely N-dealkylation sites (tertiary alicyclic amines) is 1. The smallest absolute Gasteiger partial charge is 0.410 e. The summed E-state index contributed by atoms with van der Waals surface area (Å²) in [5.74, 6) is 1.41. The average molecular weight is 435 g/mol. The van der Waals surface area contributed by atoms with Gasteiger partial charge in [0.1, 0.15) is 5.82 Å². The lowest BCUT2D eigenvalue weighted by atomic mass is 9.86. The maximum atomic E-state index is 13.2. The number of rotatable bonds is 7. The van der Waals surface area contributed by atoms with E-state index in [1.165, 1.54) is 19.5 Å². The Labute approximate surface area is 184 Å². The van der Waals surface area contributed by atoms with Crippen molar-refractivity contribution in [2.45, 2.75) is 82.5 Å². The van der Waals surface area contributed by atoms with Crippen LogP contribution in [-0.2, 0) is 14.9 Å². The van der Waals surface area contributed by atoms with Crippen LogP contribution in [0.2, 0.25) is 0 Å². The lowest BCUT2D eigenvalue weighted by molar-refractivity contribution is -0.0114. The van der Waals surface area contributed by atoms with Gasteiger partial charge in [-0.1, -0.05) is 13.8 Å². The van der Waals surface area contributed by atoms with Crippen LogP contribution in [0.5, 0.6) is 0 Å². The van der Waals surface area contributed by atoms with Gasteiger partial charge in [0.05, 0.1) is 38.3 Å². The van der Waals surface area contributed by atoms with E-state index in [1.54, 1.807) is 0 Å². The topological polar surface area (TPSA) is 76.6 Å². The summed E-state index contributed by atoms with van der Waals surface area (Å²) in [5.41, 5.74) is 0.00877. The normalized spacial score (nSPS) is 34.6. The largest absolute Gasteiger partial charge is 0.453 e. The van der Waals surface area contributed by atoms with Gasteiger partial charge in [-0.2, -0.15) is 0 Å². The fourth-order valence-corrected chi connectivity index (χ4v) is 5.57. The van der Waals surface area contributed by atoms with Crippen LogP contribution in [-0.4, -0.2) is 65.5 Å². The molecule has 31 heavy (non-hydrogen) atoms. The summed E-state index contributed by atoms with van der Waals surface area (Å²) < 4.78 is 24.6. The van der Waals surface area contributed by atoms with Crippen LogP contribution >= 0.6 is 0 Å². The van der Waals surface area contributed by atoms with Crippen LogP contribution in [0.3, 0.4) is 0 Å². The summed E-state index contributed by atoms with van der Waals surface area (Å²) in [5, 5.41) is 3.63. The molecule has 2 aliphatic carbocycles. The molecule has 4 rings (SSSR count). The van der Waals surface area contributed by atoms with E-state index in [9.17, 15) is 9.18 Å². The minimum Gasteiger partial charge on any atom is -0.453 e. The van der Waals surface area contributed by atoms with E-state index in [-0.39, 0.29) is 35.7 Å². The van der Waals surface area contributed by atoms with Gasteiger partial charge in [0.25, 0.3) is 0 Å². The summed E-state index contributed by atoms with van der Waals surface area (Å²) in [6, 6.07) is 0.281. The molecule has 3 fully saturated rings. The highest BCUT2D eigenvalue weighted by Gasteiger charge is 2.60. The Morgan fingerprint density at radius 1 is 1.35 bits per heavy atom. The molecule has 0 spiro atoms. The van der Waals surface area contributed by atoms with Crippen LogP contribution in [0.1, 0.15) is 58.7 Å². The lowest BCUT2D eigenvalue weighted by Crippen LogP contribution is -2.50. The molecule has 172 valence electrons. The molecule has 1 aromatic rings. The molecule has 0 unspecified atom stereocenters. The molecule has 6 atom stereocenters. The molecule has 1 aromatic heterocycles. The summed E-state index contributed by atoms with van der Waals surface area (Å²) in [6.45, 7) is 7.86. The van der Waals surface area contributed by atoms with E-state index in [2.05, 4.69) is 36.1 Å². The van der Waals surface area contributed by atoms with E-state index < -0.39 is 5.82 Å². The maximum absolute atomic E-state index is 13.2. The van der Waals surface area contributed by atoms with E-state index in [1.807, 2.05) is 4.90 Å². The van der Waals surface area contributed by atoms with Crippen molar-refractivity contribution in [3.63, 3.8) is 0 Å². The number of amides is 1. The summed E-state index contributed by atoms with van der Waals surface area (Å²) >= 11 is 0. The van der Waals surface area contributed by atoms with Gasteiger partial charge in [-0.3, -0.25) is 4.90 Å². The Kier molecular flexibility index (Phi) is 6.49. The second kappa shape index (κ2) is 8.98. The monoisotopic (exact) mass is 434 g/mol. The number of hydrogen-bond acceptors (Lipinski definition) is 6. The Morgan fingerprint density at radius 3 is 2.74 bits per heavy atom. The quantitative estimate of drug-likeness (QED) is 0.710. The van der Waals surface area contributed by atoms with Crippen molar-refractivity contribution in [2.75, 3.05) is 20.3 Å². The van der Waals surface area contributed by atoms with Crippen molar-refractivity contribution >= 4 is 6.09 Å². The second-order valence-corrected chi connectivity index (χ2v) is 9.95. The summed E-state index contributed by atoms with van der Waals surface area (Å²) in [4.78, 5) is 22.8. The van der Waals surface area contributed by atoms with Gasteiger partial charge < -0.3 is 14.8 Å². The highest BCUT2D eigenvalue weighted by atomic mass is 19.1. The van der Waals surface area contributed by atoms with Crippen molar-refractivity contribution in [3.05, 3.63) is 24.0 Å². The van der Waals surface area contributed by atoms with Gasteiger partial charge in [0, 0.05) is 17.5 Å². The fraction of sp³-hybridized carbons (Fsp3) is 0.783. The number of nitrogens with zero attached hydrogens (tertiary/aromatic N) is 3. The maximum Gasteiger partial charge on any atom is 0.410 e. The SMILES string of the molecule is COC(=O)N1[C@H](C)C[C@H](NCC(C)C)[C@@H]1CO[C@H]1CC[C@@]2(c3ncc(F)cn3)C[C@H]2C1. The number of carbonyl (C=O) groups excluding carboxylic acids is 1. The molecule has 2 saturated carbocycles. The molecule has 0 radical (unpaired) electrons. The van der Waals surface area contributed by atoms with Gasteiger partial charge in [0.15, 0.2) is 5.82 Å². The van der Waals surface area contributed by atoms with Crippen molar-refractivity contribution < 1.29 is 18.7 Å². The molecule has 1 saturated heterocycles. The molecule has 7 nitrogen and oxygen atoms in total. The molecular weight excluding hydrogens is 399 g/mol. The zero-order valence-corrected chi connectivity index (χ0v) is 19.0. The van der Waals surface area contributed by atoms with Crippen molar-refractivity contribution in [3.8, 4) is 0 Å². The van der Waals surface area contributed by atoms with Crippen LogP contribution in [0.4, 0.5) is 9.18 Å². The van der Waals surface area contributed by atoms with E-state index in [0.29, 0.717) is 18.4 Å². The zero-order valence-electron chi connectivity index (χ0n) is 19.0. The zero-order chi connectivity index (χ0) is 22.2. The van der Waals surface area contributed by atoms with Gasteiger partial charge in [-0.25, -0.2) is 19.2 Å². The first-order chi connectivity index (χ1) is 14.8. The fourth-order valence-electron chi connectivity index (χ4n) is 5.57. The highest BCUT2D eigenvalue weighted by Crippen LogP contribution is 2.61. The third kappa shape index (κ3) is 4.55. The Morgan fingerprint density at radius 2 is 2.10 bits per heavy atom. The third-order valence-corrected chi connectivity index (χ3v) is 7.33. The molecule has 1 amide bonds.